The van der Waals surface area contributed by atoms with Crippen LogP contribution in [0.1, 0.15) is 1.43 Å². The number of hydrogen-bond donors (Lipinski definition) is 0. The topological polar surface area (TPSA) is 49.4 Å². The van der Waals surface area contributed by atoms with Gasteiger partial charge in [-0.3, -0.25) is 0 Å². The minimum Gasteiger partial charge on any atom is -1.00 e. The van der Waals surface area contributed by atoms with E-state index in [1.807, 2.05) is 0 Å². The molecule has 0 spiro atoms. The zero-order valence-corrected chi connectivity index (χ0v) is 7.00. The fraction of sp³-hybridized carbons (Fsp3) is 1.00. The molecule has 0 aromatic carbocycles. The normalized spacial score (nSPS) is 17.5. The maximum absolute atomic E-state index is 11.5. The molecule has 4 nitrogen and oxygen atoms in total. The van der Waals surface area contributed by atoms with Crippen molar-refractivity contribution in [1.29, 1.82) is 0 Å². The van der Waals surface area contributed by atoms with Crippen LogP contribution in [0.3, 0.4) is 0 Å². The summed E-state index contributed by atoms with van der Waals surface area (Å²) < 4.78 is 34.4. The SMILES string of the molecule is FC(F)(F)C1N=NN=N1.[H-].[Na+]. The molecule has 0 aromatic heterocycles. The molecule has 0 unspecified atom stereocenters. The number of hydrogen-bond acceptors (Lipinski definition) is 4. The van der Waals surface area contributed by atoms with Crippen molar-refractivity contribution in [3.8, 4) is 0 Å². The first-order valence-corrected chi connectivity index (χ1v) is 1.97. The second-order valence-electron chi connectivity index (χ2n) is 1.33. The van der Waals surface area contributed by atoms with E-state index in [1.165, 1.54) is 0 Å². The summed E-state index contributed by atoms with van der Waals surface area (Å²) in [6.45, 7) is 0. The predicted molar refractivity (Wildman–Crippen MR) is 20.7 cm³/mol. The van der Waals surface area contributed by atoms with E-state index in [4.69, 9.17) is 0 Å². The van der Waals surface area contributed by atoms with Crippen LogP contribution < -0.4 is 29.6 Å². The first-order valence-electron chi connectivity index (χ1n) is 1.97. The molecule has 1 rings (SSSR count). The standard InChI is InChI=1S/C2HF3N4.Na.H/c3-2(4,5)1-6-8-9-7-1;;/h1H;;/q;+1;-1. The average molecular weight is 162 g/mol. The van der Waals surface area contributed by atoms with E-state index in [-0.39, 0.29) is 31.0 Å². The van der Waals surface area contributed by atoms with Gasteiger partial charge in [-0.15, -0.1) is 10.2 Å². The Balaban J connectivity index is 0. The molecule has 1 aliphatic rings. The van der Waals surface area contributed by atoms with Gasteiger partial charge in [-0.25, -0.2) is 0 Å². The van der Waals surface area contributed by atoms with E-state index in [0.29, 0.717) is 0 Å². The molecule has 0 radical (unpaired) electrons. The van der Waals surface area contributed by atoms with Gasteiger partial charge in [-0.2, -0.15) is 13.2 Å². The van der Waals surface area contributed by atoms with Crippen LogP contribution >= 0.6 is 0 Å². The van der Waals surface area contributed by atoms with E-state index in [9.17, 15) is 13.2 Å². The molecule has 1 aliphatic heterocycles. The quantitative estimate of drug-likeness (QED) is 0.403. The molecule has 0 amide bonds. The van der Waals surface area contributed by atoms with E-state index < -0.39 is 12.3 Å². The van der Waals surface area contributed by atoms with Gasteiger partial charge in [0.1, 0.15) is 0 Å². The third kappa shape index (κ3) is 2.31. The molecular formula is C2H2F3N4Na. The van der Waals surface area contributed by atoms with E-state index in [1.54, 1.807) is 0 Å². The molecule has 0 saturated heterocycles. The van der Waals surface area contributed by atoms with Crippen LogP contribution in [-0.2, 0) is 0 Å². The van der Waals surface area contributed by atoms with Crippen molar-refractivity contribution >= 4 is 0 Å². The molecular weight excluding hydrogens is 160 g/mol. The summed E-state index contributed by atoms with van der Waals surface area (Å²) in [5.41, 5.74) is 0. The summed E-state index contributed by atoms with van der Waals surface area (Å²) in [6, 6.07) is 0. The first kappa shape index (κ1) is 9.99. The van der Waals surface area contributed by atoms with Gasteiger partial charge in [0, 0.05) is 0 Å². The van der Waals surface area contributed by atoms with Crippen LogP contribution in [0, 0.1) is 0 Å². The van der Waals surface area contributed by atoms with Gasteiger partial charge in [-0.1, -0.05) is 0 Å². The molecule has 0 fully saturated rings. The Hall–Kier alpha value is -0.0100. The van der Waals surface area contributed by atoms with Gasteiger partial charge < -0.3 is 1.43 Å². The monoisotopic (exact) mass is 162 g/mol. The van der Waals surface area contributed by atoms with Gasteiger partial charge in [0.15, 0.2) is 0 Å². The van der Waals surface area contributed by atoms with Crippen molar-refractivity contribution in [3.05, 3.63) is 0 Å². The molecule has 0 aliphatic carbocycles. The molecule has 0 N–H and O–H groups in total. The van der Waals surface area contributed by atoms with Crippen LogP contribution in [0.15, 0.2) is 20.7 Å². The van der Waals surface area contributed by atoms with Crippen molar-refractivity contribution in [3.63, 3.8) is 0 Å². The molecule has 10 heavy (non-hydrogen) atoms. The van der Waals surface area contributed by atoms with Crippen molar-refractivity contribution in [2.24, 2.45) is 20.7 Å². The largest absolute Gasteiger partial charge is 1.00 e. The molecule has 8 heteroatoms. The zero-order valence-electron chi connectivity index (χ0n) is 6.00. The molecule has 0 atom stereocenters. The van der Waals surface area contributed by atoms with Gasteiger partial charge in [-0.05, 0) is 10.4 Å². The van der Waals surface area contributed by atoms with Crippen LogP contribution in [0.25, 0.3) is 0 Å². The Morgan fingerprint density at radius 1 is 1.10 bits per heavy atom. The van der Waals surface area contributed by atoms with E-state index >= 15 is 0 Å². The summed E-state index contributed by atoms with van der Waals surface area (Å²) in [5, 5.41) is 10.7. The summed E-state index contributed by atoms with van der Waals surface area (Å²) in [5.74, 6) is 0. The summed E-state index contributed by atoms with van der Waals surface area (Å²) >= 11 is 0. The summed E-state index contributed by atoms with van der Waals surface area (Å²) in [6.07, 6.45) is -6.51. The van der Waals surface area contributed by atoms with Crippen molar-refractivity contribution in [2.75, 3.05) is 0 Å². The fourth-order valence-corrected chi connectivity index (χ4v) is 0.298. The number of rotatable bonds is 0. The Bertz CT molecular complexity index is 155. The maximum Gasteiger partial charge on any atom is 1.00 e. The molecule has 1 heterocycles. The van der Waals surface area contributed by atoms with Gasteiger partial charge in [0.25, 0.3) is 6.17 Å². The maximum atomic E-state index is 11.5. The fourth-order valence-electron chi connectivity index (χ4n) is 0.298. The van der Waals surface area contributed by atoms with Gasteiger partial charge in [0.2, 0.25) is 0 Å². The van der Waals surface area contributed by atoms with Crippen LogP contribution in [0.2, 0.25) is 0 Å². The predicted octanol–water partition coefficient (Wildman–Crippen LogP) is -1.18. The average Bonchev–Trinajstić information content (AvgIpc) is 2.08. The third-order valence-corrected chi connectivity index (χ3v) is 0.655. The minimum absolute atomic E-state index is 0. The van der Waals surface area contributed by atoms with Crippen LogP contribution in [-0.4, -0.2) is 12.3 Å². The second kappa shape index (κ2) is 3.40. The molecule has 0 bridgehead atoms. The molecule has 0 aromatic rings. The van der Waals surface area contributed by atoms with Crippen molar-refractivity contribution < 1.29 is 44.2 Å². The Kier molecular flexibility index (Phi) is 3.40. The van der Waals surface area contributed by atoms with Crippen molar-refractivity contribution in [2.45, 2.75) is 12.3 Å². The number of nitrogens with zero attached hydrogens (tertiary/aromatic N) is 4. The van der Waals surface area contributed by atoms with Gasteiger partial charge in [0.05, 0.1) is 0 Å². The Labute approximate surface area is 77.4 Å². The zero-order chi connectivity index (χ0) is 6.91. The van der Waals surface area contributed by atoms with Crippen LogP contribution in [0.5, 0.6) is 0 Å². The number of alkyl halides is 3. The molecule has 0 saturated carbocycles. The minimum atomic E-state index is -4.44. The Morgan fingerprint density at radius 3 is 1.70 bits per heavy atom. The van der Waals surface area contributed by atoms with Gasteiger partial charge >= 0.3 is 35.7 Å². The smallest absolute Gasteiger partial charge is 1.00 e. The first-order chi connectivity index (χ1) is 4.11. The van der Waals surface area contributed by atoms with E-state index in [0.717, 1.165) is 0 Å². The Morgan fingerprint density at radius 2 is 1.50 bits per heavy atom. The summed E-state index contributed by atoms with van der Waals surface area (Å²) in [7, 11) is 0. The van der Waals surface area contributed by atoms with Crippen molar-refractivity contribution in [1.82, 2.24) is 0 Å². The molecule has 52 valence electrons. The third-order valence-electron chi connectivity index (χ3n) is 0.655. The van der Waals surface area contributed by atoms with Crippen LogP contribution in [0.4, 0.5) is 13.2 Å². The van der Waals surface area contributed by atoms with E-state index in [2.05, 4.69) is 20.7 Å². The second-order valence-corrected chi connectivity index (χ2v) is 1.33. The number of halogens is 3. The summed E-state index contributed by atoms with van der Waals surface area (Å²) in [4.78, 5) is 0.